The zero-order valence-corrected chi connectivity index (χ0v) is 11.5. The van der Waals surface area contributed by atoms with Crippen molar-refractivity contribution in [3.8, 4) is 0 Å². The molecule has 1 atom stereocenters. The van der Waals surface area contributed by atoms with Gasteiger partial charge in [-0.05, 0) is 24.3 Å². The number of nitrogens with zero attached hydrogens (tertiary/aromatic N) is 1. The number of anilines is 1. The number of hydrogen-bond donors (Lipinski definition) is 0. The summed E-state index contributed by atoms with van der Waals surface area (Å²) in [5, 5.41) is 0.532. The highest BCUT2D eigenvalue weighted by molar-refractivity contribution is 9.10. The maximum atomic E-state index is 11.9. The molecule has 2 amide bonds. The topological polar surface area (TPSA) is 37.4 Å². The standard InChI is InChI=1S/C11H9Br2NO2/c12-6-7-5-10(15)14(11(7)16)9-3-1-8(13)2-4-9/h1-4,7H,5-6H2. The van der Waals surface area contributed by atoms with E-state index in [2.05, 4.69) is 31.9 Å². The highest BCUT2D eigenvalue weighted by Gasteiger charge is 2.38. The van der Waals surface area contributed by atoms with E-state index >= 15 is 0 Å². The third-order valence-electron chi connectivity index (χ3n) is 2.51. The molecule has 0 spiro atoms. The van der Waals surface area contributed by atoms with E-state index in [1.165, 1.54) is 4.90 Å². The Bertz CT molecular complexity index is 430. The molecule has 5 heteroatoms. The molecule has 0 saturated carbocycles. The Morgan fingerprint density at radius 3 is 2.38 bits per heavy atom. The van der Waals surface area contributed by atoms with Crippen LogP contribution in [0.5, 0.6) is 0 Å². The Kier molecular flexibility index (Phi) is 3.44. The van der Waals surface area contributed by atoms with Crippen molar-refractivity contribution < 1.29 is 9.59 Å². The zero-order valence-electron chi connectivity index (χ0n) is 8.32. The molecule has 1 saturated heterocycles. The van der Waals surface area contributed by atoms with Crippen LogP contribution in [0.1, 0.15) is 6.42 Å². The van der Waals surface area contributed by atoms with Crippen LogP contribution < -0.4 is 4.90 Å². The largest absolute Gasteiger partial charge is 0.274 e. The summed E-state index contributed by atoms with van der Waals surface area (Å²) in [6.45, 7) is 0. The predicted molar refractivity (Wildman–Crippen MR) is 68.5 cm³/mol. The number of imide groups is 1. The van der Waals surface area contributed by atoms with Crippen molar-refractivity contribution in [2.75, 3.05) is 10.2 Å². The minimum Gasteiger partial charge on any atom is -0.274 e. The average molecular weight is 347 g/mol. The summed E-state index contributed by atoms with van der Waals surface area (Å²) in [5.41, 5.74) is 0.640. The first-order valence-corrected chi connectivity index (χ1v) is 6.73. The minimum absolute atomic E-state index is 0.121. The first-order chi connectivity index (χ1) is 7.63. The molecule has 16 heavy (non-hydrogen) atoms. The lowest BCUT2D eigenvalue weighted by atomic mass is 10.1. The summed E-state index contributed by atoms with van der Waals surface area (Å²) < 4.78 is 0.924. The second kappa shape index (κ2) is 4.67. The fourth-order valence-corrected chi connectivity index (χ4v) is 2.45. The van der Waals surface area contributed by atoms with Crippen molar-refractivity contribution in [2.24, 2.45) is 5.92 Å². The number of carbonyl (C=O) groups excluding carboxylic acids is 2. The molecule has 0 aromatic heterocycles. The average Bonchev–Trinajstić information content (AvgIpc) is 2.56. The van der Waals surface area contributed by atoms with E-state index in [1.807, 2.05) is 12.1 Å². The third kappa shape index (κ3) is 2.06. The number of amides is 2. The Morgan fingerprint density at radius 2 is 1.88 bits per heavy atom. The van der Waals surface area contributed by atoms with Crippen LogP contribution in [0.4, 0.5) is 5.69 Å². The van der Waals surface area contributed by atoms with Gasteiger partial charge in [-0.2, -0.15) is 0 Å². The number of rotatable bonds is 2. The van der Waals surface area contributed by atoms with E-state index in [0.717, 1.165) is 4.47 Å². The molecule has 1 heterocycles. The summed E-state index contributed by atoms with van der Waals surface area (Å²) in [6.07, 6.45) is 0.292. The monoisotopic (exact) mass is 345 g/mol. The summed E-state index contributed by atoms with van der Waals surface area (Å²) >= 11 is 6.56. The molecule has 1 aliphatic rings. The summed E-state index contributed by atoms with van der Waals surface area (Å²) in [4.78, 5) is 24.9. The van der Waals surface area contributed by atoms with Gasteiger partial charge in [0.1, 0.15) is 0 Å². The summed E-state index contributed by atoms with van der Waals surface area (Å²) in [6, 6.07) is 7.15. The predicted octanol–water partition coefficient (Wildman–Crippen LogP) is 2.72. The smallest absolute Gasteiger partial charge is 0.238 e. The number of hydrogen-bond acceptors (Lipinski definition) is 2. The maximum absolute atomic E-state index is 11.9. The lowest BCUT2D eigenvalue weighted by Gasteiger charge is -2.14. The molecule has 0 N–H and O–H groups in total. The van der Waals surface area contributed by atoms with Crippen LogP contribution in [0.15, 0.2) is 28.7 Å². The Hall–Kier alpha value is -0.680. The molecule has 1 aromatic rings. The first kappa shape index (κ1) is 11.8. The van der Waals surface area contributed by atoms with Crippen LogP contribution >= 0.6 is 31.9 Å². The molecule has 0 radical (unpaired) electrons. The van der Waals surface area contributed by atoms with E-state index in [9.17, 15) is 9.59 Å². The van der Waals surface area contributed by atoms with Gasteiger partial charge in [-0.25, -0.2) is 0 Å². The molecule has 0 aliphatic carbocycles. The molecule has 1 aliphatic heterocycles. The molecular weight excluding hydrogens is 338 g/mol. The van der Waals surface area contributed by atoms with Crippen molar-refractivity contribution in [1.82, 2.24) is 0 Å². The fourth-order valence-electron chi connectivity index (χ4n) is 1.68. The zero-order chi connectivity index (χ0) is 11.7. The van der Waals surface area contributed by atoms with Crippen LogP contribution in [0.3, 0.4) is 0 Å². The van der Waals surface area contributed by atoms with E-state index in [4.69, 9.17) is 0 Å². The van der Waals surface area contributed by atoms with Crippen molar-refractivity contribution in [1.29, 1.82) is 0 Å². The molecule has 84 valence electrons. The lowest BCUT2D eigenvalue weighted by Crippen LogP contribution is -2.30. The van der Waals surface area contributed by atoms with Gasteiger partial charge in [-0.15, -0.1) is 0 Å². The second-order valence-electron chi connectivity index (χ2n) is 3.60. The van der Waals surface area contributed by atoms with Crippen molar-refractivity contribution in [3.05, 3.63) is 28.7 Å². The quantitative estimate of drug-likeness (QED) is 0.610. The van der Waals surface area contributed by atoms with Crippen LogP contribution in [0.25, 0.3) is 0 Å². The maximum Gasteiger partial charge on any atom is 0.238 e. The second-order valence-corrected chi connectivity index (χ2v) is 5.16. The summed E-state index contributed by atoms with van der Waals surface area (Å²) in [7, 11) is 0. The van der Waals surface area contributed by atoms with Crippen molar-refractivity contribution in [3.63, 3.8) is 0 Å². The normalized spacial score (nSPS) is 20.6. The Balaban J connectivity index is 2.31. The molecular formula is C11H9Br2NO2. The molecule has 1 aromatic carbocycles. The van der Waals surface area contributed by atoms with E-state index in [1.54, 1.807) is 12.1 Å². The van der Waals surface area contributed by atoms with Gasteiger partial charge in [0.05, 0.1) is 11.6 Å². The Morgan fingerprint density at radius 1 is 1.25 bits per heavy atom. The van der Waals surface area contributed by atoms with Crippen LogP contribution in [-0.4, -0.2) is 17.1 Å². The van der Waals surface area contributed by atoms with Crippen LogP contribution in [-0.2, 0) is 9.59 Å². The van der Waals surface area contributed by atoms with Crippen molar-refractivity contribution in [2.45, 2.75) is 6.42 Å². The van der Waals surface area contributed by atoms with Gasteiger partial charge < -0.3 is 0 Å². The van der Waals surface area contributed by atoms with Gasteiger partial charge in [-0.3, -0.25) is 14.5 Å². The highest BCUT2D eigenvalue weighted by atomic mass is 79.9. The molecule has 1 fully saturated rings. The number of benzene rings is 1. The number of halogens is 2. The highest BCUT2D eigenvalue weighted by Crippen LogP contribution is 2.28. The van der Waals surface area contributed by atoms with Crippen molar-refractivity contribution >= 4 is 49.4 Å². The van der Waals surface area contributed by atoms with Gasteiger partial charge in [0.15, 0.2) is 0 Å². The van der Waals surface area contributed by atoms with E-state index in [0.29, 0.717) is 17.4 Å². The molecule has 2 rings (SSSR count). The Labute approximate surface area is 110 Å². The van der Waals surface area contributed by atoms with Gasteiger partial charge >= 0.3 is 0 Å². The molecule has 1 unspecified atom stereocenters. The van der Waals surface area contributed by atoms with Gasteiger partial charge in [0, 0.05) is 16.2 Å². The minimum atomic E-state index is -0.226. The third-order valence-corrected chi connectivity index (χ3v) is 3.82. The molecule has 0 bridgehead atoms. The fraction of sp³-hybridized carbons (Fsp3) is 0.273. The van der Waals surface area contributed by atoms with Gasteiger partial charge in [0.25, 0.3) is 0 Å². The lowest BCUT2D eigenvalue weighted by molar-refractivity contribution is -0.122. The van der Waals surface area contributed by atoms with E-state index in [-0.39, 0.29) is 17.7 Å². The van der Waals surface area contributed by atoms with Crippen LogP contribution in [0, 0.1) is 5.92 Å². The number of alkyl halides is 1. The first-order valence-electron chi connectivity index (χ1n) is 4.82. The van der Waals surface area contributed by atoms with Crippen LogP contribution in [0.2, 0.25) is 0 Å². The number of carbonyl (C=O) groups is 2. The summed E-state index contributed by atoms with van der Waals surface area (Å²) in [5.74, 6) is -0.475. The van der Waals surface area contributed by atoms with Gasteiger partial charge in [0.2, 0.25) is 11.8 Å². The SMILES string of the molecule is O=C1CC(CBr)C(=O)N1c1ccc(Br)cc1. The molecule has 3 nitrogen and oxygen atoms in total. The van der Waals surface area contributed by atoms with Gasteiger partial charge in [-0.1, -0.05) is 31.9 Å². The van der Waals surface area contributed by atoms with E-state index < -0.39 is 0 Å².